The van der Waals surface area contributed by atoms with Gasteiger partial charge in [0, 0.05) is 26.1 Å². The van der Waals surface area contributed by atoms with Crippen molar-refractivity contribution in [3.05, 3.63) is 0 Å². The lowest BCUT2D eigenvalue weighted by Gasteiger charge is -2.21. The van der Waals surface area contributed by atoms with Gasteiger partial charge in [0.25, 0.3) is 0 Å². The van der Waals surface area contributed by atoms with Crippen molar-refractivity contribution in [3.8, 4) is 0 Å². The second-order valence-electron chi connectivity index (χ2n) is 6.45. The van der Waals surface area contributed by atoms with Crippen LogP contribution in [0.3, 0.4) is 0 Å². The highest BCUT2D eigenvalue weighted by molar-refractivity contribution is 14.0. The summed E-state index contributed by atoms with van der Waals surface area (Å²) in [6, 6.07) is 0.418. The molecule has 26 heavy (non-hydrogen) atoms. The SMILES string of the molecule is CCN(CC)CCCC(C)NC(=NC)NCCCCCCC(=O)OC.I. The minimum absolute atomic E-state index is 0. The molecule has 0 aromatic carbocycles. The van der Waals surface area contributed by atoms with Gasteiger partial charge in [0.05, 0.1) is 7.11 Å². The number of methoxy groups -OCH3 is 1. The lowest BCUT2D eigenvalue weighted by Crippen LogP contribution is -2.42. The molecule has 7 heteroatoms. The molecule has 0 amide bonds. The third-order valence-electron chi connectivity index (χ3n) is 4.44. The molecule has 2 N–H and O–H groups in total. The Labute approximate surface area is 177 Å². The Hall–Kier alpha value is -0.570. The highest BCUT2D eigenvalue weighted by Crippen LogP contribution is 2.03. The Kier molecular flexibility index (Phi) is 20.4. The number of ether oxygens (including phenoxy) is 1. The van der Waals surface area contributed by atoms with Gasteiger partial charge in [-0.25, -0.2) is 0 Å². The molecule has 0 heterocycles. The van der Waals surface area contributed by atoms with Crippen molar-refractivity contribution in [1.82, 2.24) is 15.5 Å². The van der Waals surface area contributed by atoms with E-state index in [-0.39, 0.29) is 29.9 Å². The van der Waals surface area contributed by atoms with Crippen LogP contribution in [0, 0.1) is 0 Å². The van der Waals surface area contributed by atoms with E-state index in [1.807, 2.05) is 7.05 Å². The van der Waals surface area contributed by atoms with Crippen LogP contribution < -0.4 is 10.6 Å². The van der Waals surface area contributed by atoms with E-state index in [1.165, 1.54) is 13.5 Å². The van der Waals surface area contributed by atoms with Crippen LogP contribution in [0.25, 0.3) is 0 Å². The minimum Gasteiger partial charge on any atom is -0.469 e. The molecule has 6 nitrogen and oxygen atoms in total. The zero-order chi connectivity index (χ0) is 18.9. The van der Waals surface area contributed by atoms with Crippen LogP contribution in [-0.4, -0.2) is 63.2 Å². The van der Waals surface area contributed by atoms with Crippen LogP contribution in [0.4, 0.5) is 0 Å². The summed E-state index contributed by atoms with van der Waals surface area (Å²) in [6.45, 7) is 11.0. The van der Waals surface area contributed by atoms with Crippen molar-refractivity contribution in [2.24, 2.45) is 4.99 Å². The summed E-state index contributed by atoms with van der Waals surface area (Å²) in [7, 11) is 3.25. The Balaban J connectivity index is 0. The predicted octanol–water partition coefficient (Wildman–Crippen LogP) is 3.40. The van der Waals surface area contributed by atoms with E-state index < -0.39 is 0 Å². The highest BCUT2D eigenvalue weighted by Gasteiger charge is 2.06. The summed E-state index contributed by atoms with van der Waals surface area (Å²) in [5.74, 6) is 0.766. The average Bonchev–Trinajstić information content (AvgIpc) is 2.63. The molecular formula is C19H41IN4O2. The third kappa shape index (κ3) is 15.7. The lowest BCUT2D eigenvalue weighted by molar-refractivity contribution is -0.140. The first-order valence-electron chi connectivity index (χ1n) is 9.83. The first kappa shape index (κ1) is 27.6. The smallest absolute Gasteiger partial charge is 0.305 e. The summed E-state index contributed by atoms with van der Waals surface area (Å²) in [5.41, 5.74) is 0. The summed E-state index contributed by atoms with van der Waals surface area (Å²) >= 11 is 0. The normalized spacial score (nSPS) is 12.5. The van der Waals surface area contributed by atoms with E-state index in [4.69, 9.17) is 0 Å². The van der Waals surface area contributed by atoms with Crippen LogP contribution in [0.5, 0.6) is 0 Å². The maximum Gasteiger partial charge on any atom is 0.305 e. The molecule has 0 aromatic heterocycles. The van der Waals surface area contributed by atoms with E-state index in [9.17, 15) is 4.79 Å². The highest BCUT2D eigenvalue weighted by atomic mass is 127. The first-order valence-corrected chi connectivity index (χ1v) is 9.83. The molecule has 0 saturated carbocycles. The molecule has 0 spiro atoms. The summed E-state index contributed by atoms with van der Waals surface area (Å²) in [6.07, 6.45) is 7.03. The molecule has 1 unspecified atom stereocenters. The molecule has 0 fully saturated rings. The molecule has 0 aliphatic heterocycles. The van der Waals surface area contributed by atoms with Crippen molar-refractivity contribution >= 4 is 35.9 Å². The Bertz CT molecular complexity index is 363. The topological polar surface area (TPSA) is 66.0 Å². The zero-order valence-corrected chi connectivity index (χ0v) is 19.8. The molecule has 0 aliphatic rings. The molecule has 1 atom stereocenters. The number of carbonyl (C=O) groups excluding carboxylic acids is 1. The number of halogens is 1. The first-order chi connectivity index (χ1) is 12.1. The Morgan fingerprint density at radius 3 is 2.35 bits per heavy atom. The van der Waals surface area contributed by atoms with Gasteiger partial charge in [-0.15, -0.1) is 24.0 Å². The van der Waals surface area contributed by atoms with Gasteiger partial charge >= 0.3 is 5.97 Å². The Morgan fingerprint density at radius 2 is 1.77 bits per heavy atom. The van der Waals surface area contributed by atoms with Gasteiger partial charge in [0.2, 0.25) is 0 Å². The number of nitrogens with zero attached hydrogens (tertiary/aromatic N) is 2. The van der Waals surface area contributed by atoms with Gasteiger partial charge in [0.15, 0.2) is 5.96 Å². The maximum atomic E-state index is 11.0. The molecule has 0 saturated heterocycles. The third-order valence-corrected chi connectivity index (χ3v) is 4.44. The summed E-state index contributed by atoms with van der Waals surface area (Å²) in [4.78, 5) is 17.8. The van der Waals surface area contributed by atoms with Gasteiger partial charge in [-0.3, -0.25) is 9.79 Å². The van der Waals surface area contributed by atoms with Gasteiger partial charge in [-0.2, -0.15) is 0 Å². The molecule has 0 rings (SSSR count). The number of unbranched alkanes of at least 4 members (excludes halogenated alkanes) is 3. The average molecular weight is 484 g/mol. The van der Waals surface area contributed by atoms with Crippen molar-refractivity contribution in [2.45, 2.75) is 71.8 Å². The van der Waals surface area contributed by atoms with Crippen LogP contribution >= 0.6 is 24.0 Å². The number of guanidine groups is 1. The van der Waals surface area contributed by atoms with Crippen molar-refractivity contribution < 1.29 is 9.53 Å². The molecule has 0 aliphatic carbocycles. The van der Waals surface area contributed by atoms with Crippen LogP contribution in [-0.2, 0) is 9.53 Å². The summed E-state index contributed by atoms with van der Waals surface area (Å²) in [5, 5.41) is 6.83. The van der Waals surface area contributed by atoms with E-state index in [1.54, 1.807) is 0 Å². The number of esters is 1. The van der Waals surface area contributed by atoms with Crippen molar-refractivity contribution in [2.75, 3.05) is 40.3 Å². The fraction of sp³-hybridized carbons (Fsp3) is 0.895. The monoisotopic (exact) mass is 484 g/mol. The number of hydrogen-bond acceptors (Lipinski definition) is 4. The lowest BCUT2D eigenvalue weighted by atomic mass is 10.1. The van der Waals surface area contributed by atoms with E-state index >= 15 is 0 Å². The number of aliphatic imine (C=N–C) groups is 1. The number of rotatable bonds is 14. The largest absolute Gasteiger partial charge is 0.469 e. The maximum absolute atomic E-state index is 11.0. The van der Waals surface area contributed by atoms with Crippen LogP contribution in [0.15, 0.2) is 4.99 Å². The molecule has 0 radical (unpaired) electrons. The summed E-state index contributed by atoms with van der Waals surface area (Å²) < 4.78 is 4.64. The van der Waals surface area contributed by atoms with E-state index in [0.717, 1.165) is 64.2 Å². The zero-order valence-electron chi connectivity index (χ0n) is 17.5. The molecular weight excluding hydrogens is 443 g/mol. The number of hydrogen-bond donors (Lipinski definition) is 2. The van der Waals surface area contributed by atoms with Gasteiger partial charge < -0.3 is 20.3 Å². The van der Waals surface area contributed by atoms with Gasteiger partial charge in [-0.05, 0) is 52.2 Å². The number of nitrogens with one attached hydrogen (secondary N) is 2. The van der Waals surface area contributed by atoms with Crippen LogP contribution in [0.1, 0.15) is 65.7 Å². The van der Waals surface area contributed by atoms with Gasteiger partial charge in [0.1, 0.15) is 0 Å². The Morgan fingerprint density at radius 1 is 1.12 bits per heavy atom. The van der Waals surface area contributed by atoms with Crippen molar-refractivity contribution in [3.63, 3.8) is 0 Å². The van der Waals surface area contributed by atoms with Gasteiger partial charge in [-0.1, -0.05) is 26.7 Å². The number of carbonyl (C=O) groups is 1. The second-order valence-corrected chi connectivity index (χ2v) is 6.45. The van der Waals surface area contributed by atoms with Crippen LogP contribution in [0.2, 0.25) is 0 Å². The van der Waals surface area contributed by atoms with E-state index in [2.05, 4.69) is 46.0 Å². The second kappa shape index (κ2) is 19.2. The predicted molar refractivity (Wildman–Crippen MR) is 121 cm³/mol. The molecule has 0 bridgehead atoms. The fourth-order valence-corrected chi connectivity index (χ4v) is 2.72. The standard InChI is InChI=1S/C19H40N4O2.HI/c1-6-23(7-2)16-12-13-17(3)22-19(20-4)21-15-11-9-8-10-14-18(24)25-5;/h17H,6-16H2,1-5H3,(H2,20,21,22);1H. The molecule has 0 aromatic rings. The molecule has 156 valence electrons. The quantitative estimate of drug-likeness (QED) is 0.130. The van der Waals surface area contributed by atoms with Crippen molar-refractivity contribution in [1.29, 1.82) is 0 Å². The minimum atomic E-state index is -0.113. The van der Waals surface area contributed by atoms with E-state index in [0.29, 0.717) is 12.5 Å². The fourth-order valence-electron chi connectivity index (χ4n) is 2.72.